The molecule has 2 fully saturated rings. The van der Waals surface area contributed by atoms with Crippen molar-refractivity contribution < 1.29 is 36.7 Å². The van der Waals surface area contributed by atoms with Crippen molar-refractivity contribution in [2.45, 2.75) is 116 Å². The second kappa shape index (κ2) is 15.0. The zero-order valence-corrected chi connectivity index (χ0v) is 24.1. The first-order chi connectivity index (χ1) is 15.2. The third kappa shape index (κ3) is 10.5. The molecule has 194 valence electrons. The third-order valence-electron chi connectivity index (χ3n) is 6.97. The number of hydrogen-bond acceptors (Lipinski definition) is 5. The quantitative estimate of drug-likeness (QED) is 0.251. The van der Waals surface area contributed by atoms with Crippen LogP contribution in [0.3, 0.4) is 0 Å². The molecule has 10 heteroatoms. The molecule has 0 amide bonds. The van der Waals surface area contributed by atoms with Crippen LogP contribution < -0.4 is 0 Å². The van der Waals surface area contributed by atoms with E-state index in [2.05, 4.69) is 87.4 Å². The maximum absolute atomic E-state index is 9.67. The third-order valence-corrected chi connectivity index (χ3v) is 11.9. The SMILES string of the molecule is CC[C@H]1CC[C@@H]2O[C@@H]([C@H](/C=C/I)O[Si](C)(C)C(C)(C)C)[C@@H](C)[C@@H](C)[C@H]2O1.FC(F)F.O=C=O. The Hall–Kier alpha value is -0.263. The molecule has 0 radical (unpaired) electrons. The smallest absolute Gasteiger partial charge is 0.379 e. The molecule has 0 unspecified atom stereocenters. The monoisotopic (exact) mass is 608 g/mol. The van der Waals surface area contributed by atoms with Crippen LogP contribution in [0.4, 0.5) is 13.2 Å². The summed E-state index contributed by atoms with van der Waals surface area (Å²) < 4.78 is 50.9. The Labute approximate surface area is 211 Å². The molecule has 0 aromatic carbocycles. The first kappa shape index (κ1) is 32.7. The van der Waals surface area contributed by atoms with Crippen LogP contribution in [0.25, 0.3) is 0 Å². The fourth-order valence-electron chi connectivity index (χ4n) is 3.91. The molecule has 0 saturated carbocycles. The molecule has 2 heterocycles. The van der Waals surface area contributed by atoms with Gasteiger partial charge in [0.05, 0.1) is 30.5 Å². The fraction of sp³-hybridized carbons (Fsp3) is 0.870. The Kier molecular flexibility index (Phi) is 14.9. The highest BCUT2D eigenvalue weighted by Crippen LogP contribution is 2.43. The molecule has 0 aromatic rings. The molecule has 7 atom stereocenters. The first-order valence-corrected chi connectivity index (χ1v) is 15.5. The van der Waals surface area contributed by atoms with E-state index in [4.69, 9.17) is 23.5 Å². The molecule has 2 aliphatic rings. The van der Waals surface area contributed by atoms with Crippen LogP contribution >= 0.6 is 22.6 Å². The zero-order valence-electron chi connectivity index (χ0n) is 20.9. The van der Waals surface area contributed by atoms with Gasteiger partial charge in [-0.1, -0.05) is 64.1 Å². The maximum Gasteiger partial charge on any atom is 0.379 e. The number of hydrogen-bond donors (Lipinski definition) is 0. The highest BCUT2D eigenvalue weighted by Gasteiger charge is 2.49. The summed E-state index contributed by atoms with van der Waals surface area (Å²) in [6, 6.07) is 0. The van der Waals surface area contributed by atoms with E-state index >= 15 is 0 Å². The molecule has 0 aromatic heterocycles. The Morgan fingerprint density at radius 3 is 2.06 bits per heavy atom. The Morgan fingerprint density at radius 1 is 1.12 bits per heavy atom. The number of halogens is 4. The van der Waals surface area contributed by atoms with Crippen molar-refractivity contribution in [3.63, 3.8) is 0 Å². The number of fused-ring (bicyclic) bond motifs is 1. The van der Waals surface area contributed by atoms with E-state index in [9.17, 15) is 13.2 Å². The van der Waals surface area contributed by atoms with Gasteiger partial charge in [-0.2, -0.15) is 22.8 Å². The van der Waals surface area contributed by atoms with Crippen LogP contribution in [0.5, 0.6) is 0 Å². The zero-order chi connectivity index (χ0) is 26.0. The Morgan fingerprint density at radius 2 is 1.64 bits per heavy atom. The lowest BCUT2D eigenvalue weighted by molar-refractivity contribution is -0.237. The summed E-state index contributed by atoms with van der Waals surface area (Å²) in [6.07, 6.45) is 6.75. The second-order valence-electron chi connectivity index (χ2n) is 10.1. The largest absolute Gasteiger partial charge is 0.408 e. The van der Waals surface area contributed by atoms with Gasteiger partial charge < -0.3 is 13.9 Å². The van der Waals surface area contributed by atoms with Crippen molar-refractivity contribution in [3.8, 4) is 0 Å². The van der Waals surface area contributed by atoms with Gasteiger partial charge >= 0.3 is 12.8 Å². The van der Waals surface area contributed by atoms with Crippen molar-refractivity contribution in [1.82, 2.24) is 0 Å². The number of carbonyl (C=O) groups excluding carboxylic acids is 2. The average molecular weight is 609 g/mol. The van der Waals surface area contributed by atoms with Gasteiger partial charge in [-0.3, -0.25) is 0 Å². The molecule has 0 spiro atoms. The minimum Gasteiger partial charge on any atom is -0.408 e. The van der Waals surface area contributed by atoms with Crippen LogP contribution in [0.2, 0.25) is 18.1 Å². The summed E-state index contributed by atoms with van der Waals surface area (Å²) in [5.74, 6) is 0.899. The Bertz CT molecular complexity index is 619. The molecule has 2 aliphatic heterocycles. The Balaban J connectivity index is 0.00000129. The molecular weight excluding hydrogens is 568 g/mol. The van der Waals surface area contributed by atoms with Gasteiger partial charge in [0.25, 0.3) is 0 Å². The summed E-state index contributed by atoms with van der Waals surface area (Å²) in [7, 11) is -1.87. The van der Waals surface area contributed by atoms with Gasteiger partial charge in [0.2, 0.25) is 0 Å². The number of ether oxygens (including phenoxy) is 2. The van der Waals surface area contributed by atoms with Crippen LogP contribution in [-0.2, 0) is 23.5 Å². The summed E-state index contributed by atoms with van der Waals surface area (Å²) in [5, 5.41) is 0.193. The van der Waals surface area contributed by atoms with Crippen LogP contribution in [0.1, 0.15) is 60.8 Å². The highest BCUT2D eigenvalue weighted by molar-refractivity contribution is 14.1. The van der Waals surface area contributed by atoms with Gasteiger partial charge in [-0.05, 0) is 59.4 Å². The summed E-state index contributed by atoms with van der Waals surface area (Å²) in [5.41, 5.74) is 0. The summed E-state index contributed by atoms with van der Waals surface area (Å²) in [4.78, 5) is 16.2. The predicted molar refractivity (Wildman–Crippen MR) is 133 cm³/mol. The van der Waals surface area contributed by atoms with E-state index in [1.807, 2.05) is 0 Å². The maximum atomic E-state index is 9.67. The molecule has 5 nitrogen and oxygen atoms in total. The average Bonchev–Trinajstić information content (AvgIpc) is 2.69. The van der Waals surface area contributed by atoms with E-state index in [0.29, 0.717) is 17.9 Å². The van der Waals surface area contributed by atoms with Gasteiger partial charge in [0.15, 0.2) is 8.32 Å². The van der Waals surface area contributed by atoms with Gasteiger partial charge in [0, 0.05) is 0 Å². The van der Waals surface area contributed by atoms with E-state index in [1.165, 1.54) is 0 Å². The molecule has 0 bridgehead atoms. The van der Waals surface area contributed by atoms with Crippen molar-refractivity contribution >= 4 is 37.1 Å². The normalized spacial score (nSPS) is 30.9. The highest BCUT2D eigenvalue weighted by atomic mass is 127. The van der Waals surface area contributed by atoms with Gasteiger partial charge in [-0.25, -0.2) is 0 Å². The number of alkyl halides is 3. The van der Waals surface area contributed by atoms with E-state index < -0.39 is 15.0 Å². The van der Waals surface area contributed by atoms with Crippen molar-refractivity contribution in [1.29, 1.82) is 0 Å². The summed E-state index contributed by atoms with van der Waals surface area (Å²) in [6.45, 7) is 14.8. The van der Waals surface area contributed by atoms with Crippen LogP contribution in [-0.4, -0.2) is 51.7 Å². The van der Waals surface area contributed by atoms with E-state index in [1.54, 1.807) is 0 Å². The molecule has 0 aliphatic carbocycles. The topological polar surface area (TPSA) is 61.8 Å². The van der Waals surface area contributed by atoms with Crippen molar-refractivity contribution in [3.05, 3.63) is 10.2 Å². The molecule has 33 heavy (non-hydrogen) atoms. The molecular formula is C23H40F3IO5Si. The van der Waals surface area contributed by atoms with E-state index in [-0.39, 0.29) is 35.6 Å². The van der Waals surface area contributed by atoms with E-state index in [0.717, 1.165) is 19.3 Å². The van der Waals surface area contributed by atoms with Crippen LogP contribution in [0, 0.1) is 11.8 Å². The molecule has 2 saturated heterocycles. The van der Waals surface area contributed by atoms with Crippen molar-refractivity contribution in [2.75, 3.05) is 0 Å². The molecule has 2 rings (SSSR count). The van der Waals surface area contributed by atoms with Gasteiger partial charge in [-0.15, -0.1) is 0 Å². The minimum absolute atomic E-state index is 0.0232. The lowest BCUT2D eigenvalue weighted by Gasteiger charge is -2.51. The van der Waals surface area contributed by atoms with Crippen molar-refractivity contribution in [2.24, 2.45) is 11.8 Å². The van der Waals surface area contributed by atoms with Gasteiger partial charge in [0.1, 0.15) is 0 Å². The van der Waals surface area contributed by atoms with Crippen LogP contribution in [0.15, 0.2) is 10.2 Å². The predicted octanol–water partition coefficient (Wildman–Crippen LogP) is 6.92. The summed E-state index contributed by atoms with van der Waals surface area (Å²) >= 11 is 2.30. The first-order valence-electron chi connectivity index (χ1n) is 11.3. The standard InChI is InChI=1S/C21H39IO3Si.CHF3.CO2/c1-9-16-10-11-17-19(23-16)14(2)15(3)20(24-17)18(12-13-22)25-26(7,8)21(4,5)6;2-1(3)4;2-1-3/h12-20H,9-11H2,1-8H3;1H;/b13-12+;;/t14-,15+,16+,17+,18+,19-,20-;;/m1../s1. The molecule has 0 N–H and O–H groups in total. The fourth-order valence-corrected chi connectivity index (χ4v) is 5.56. The minimum atomic E-state index is -3.67. The number of rotatable bonds is 5. The lowest BCUT2D eigenvalue weighted by atomic mass is 9.77. The second-order valence-corrected chi connectivity index (χ2v) is 15.5. The lowest BCUT2D eigenvalue weighted by Crippen LogP contribution is -2.58.